The highest BCUT2D eigenvalue weighted by Gasteiger charge is 2.45. The van der Waals surface area contributed by atoms with Gasteiger partial charge in [-0.3, -0.25) is 4.98 Å². The van der Waals surface area contributed by atoms with Gasteiger partial charge in [0.1, 0.15) is 39.4 Å². The number of furan rings is 4. The zero-order chi connectivity index (χ0) is 139. The maximum absolute atomic E-state index is 9.02. The van der Waals surface area contributed by atoms with Crippen LogP contribution in [0.1, 0.15) is 309 Å². The summed E-state index contributed by atoms with van der Waals surface area (Å²) in [4.78, 5) is 18.4. The van der Waals surface area contributed by atoms with Gasteiger partial charge in [0.15, 0.2) is 41.5 Å². The average molecular weight is 1820 g/mol. The maximum Gasteiger partial charge on any atom is 0.227 e. The van der Waals surface area contributed by atoms with Crippen molar-refractivity contribution in [3.05, 3.63) is 333 Å². The van der Waals surface area contributed by atoms with Crippen molar-refractivity contribution in [3.63, 3.8) is 0 Å². The Balaban J connectivity index is 0.000000140. The molecule has 20 aromatic rings. The topological polar surface area (TPSA) is 120 Å². The quantitative estimate of drug-likeness (QED) is 0.124. The molecular formula is C122H120N8O4+4. The highest BCUT2D eigenvalue weighted by Crippen LogP contribution is 2.57. The van der Waals surface area contributed by atoms with E-state index in [-0.39, 0.29) is 101 Å². The SMILES string of the molecule is [2H]C([2H])([2H])C([2H])(c1cc[n+](C)c(-c2c(C)ccc3c2oc2cc4c(cc23)-c2cccnc2C4(C([2H])([2H])[2H])C([2H])([2H])[2H])c1)C([2H])([2H])[2H].[2H]C([2H])([2H])C([2H])(c1cc[n+](C)c(-c2c(C)ccc3c2oc2nc4c(cc23)-c2ccccc2C4(C([2H])([2H])[2H])C([2H])([2H])[2H])c1)C([2H])([2H])[2H].[2H]C([2H])([2H])C([2H])(c1cc[n+](C)c(-c2c(C)ccc3c2oc2nc4c(cc23)C(C([2H])([2H])[2H])(C([2H])([2H])[2H])c2ccccc2-4)c1)C([2H])([2H])[2H].[2H]C([2H])([2H])CC1(C([2H])([2H])C([2H])([2H])[2H])c2ccccc2-c2cc3c(nc21)oc1c(-c2cc(C([2H])(C([2H])([2H])[2H])C([2H])([2H])[2H])cc[n+]2C)c(C)ccc13. The van der Waals surface area contributed by atoms with Crippen LogP contribution < -0.4 is 18.3 Å². The van der Waals surface area contributed by atoms with E-state index < -0.39 is 168 Å². The molecule has 4 aliphatic rings. The van der Waals surface area contributed by atoms with E-state index in [0.29, 0.717) is 166 Å². The highest BCUT2D eigenvalue weighted by molar-refractivity contribution is 6.15. The predicted octanol–water partition coefficient (Wildman–Crippen LogP) is 29.6. The van der Waals surface area contributed by atoms with Gasteiger partial charge in [-0.1, -0.05) is 237 Å². The zero-order valence-corrected chi connectivity index (χ0v) is 73.5. The number of pyridine rings is 8. The summed E-state index contributed by atoms with van der Waals surface area (Å²) in [6, 6.07) is 55.7. The third-order valence-corrected chi connectivity index (χ3v) is 26.7. The molecule has 0 amide bonds. The standard InChI is InChI=1S/C32H33N2O.3C30H29N2O/c1-7-32(8-2)26-12-10-9-11-22(26)24-18-25-23-14-13-20(5)28(29(23)35-31(25)33-30(24)32)27-17-21(19(3)4)15-16-34(27)6;1-17(2)19-11-13-32(6)25(14-19)27-18(3)9-10-20-23-15-22-21-8-7-12-31-29(21)30(4,5)24(22)16-26(23)33-28(20)27;1-17(2)19-13-14-32(6)25(15-19)26-18(3)11-12-20-22-16-24-27(31-29(22)33-28(20)26)21-9-7-8-10-23(21)30(24,4)5;1-17(2)19-13-14-32(6)25(15-19)26-18(3)11-12-21-23-16-22-20-9-7-8-10-24(20)30(4,5)28(22)31-29(23)33-27(21)26/h9-19H,7-8H2,1-6H3;3*7-17H,1-6H3/q4*+1/i1D3,2D3,3D3,4D3,7D2,19D;3*1D3,2D3,4D3,5D3,17D. The molecule has 4 aliphatic carbocycles. The summed E-state index contributed by atoms with van der Waals surface area (Å²) in [5, 5.41) is 4.12. The lowest BCUT2D eigenvalue weighted by atomic mass is 9.76. The van der Waals surface area contributed by atoms with Gasteiger partial charge in [0.05, 0.1) is 45.0 Å². The van der Waals surface area contributed by atoms with Crippen molar-refractivity contribution in [2.24, 2.45) is 28.2 Å². The van der Waals surface area contributed by atoms with Crippen molar-refractivity contribution in [2.75, 3.05) is 0 Å². The molecule has 12 heteroatoms. The molecule has 0 fully saturated rings. The lowest BCUT2D eigenvalue weighted by molar-refractivity contribution is -0.660. The van der Waals surface area contributed by atoms with E-state index in [9.17, 15) is 0 Å². The molecule has 1 atom stereocenters. The lowest BCUT2D eigenvalue weighted by Gasteiger charge is -2.28. The van der Waals surface area contributed by atoms with Crippen molar-refractivity contribution in [1.82, 2.24) is 19.9 Å². The molecule has 24 rings (SSSR count). The number of rotatable bonds is 10. The van der Waals surface area contributed by atoms with E-state index in [4.69, 9.17) is 102 Å². The summed E-state index contributed by atoms with van der Waals surface area (Å²) in [6.45, 7) is -42.4. The van der Waals surface area contributed by atoms with Gasteiger partial charge < -0.3 is 17.7 Å². The first-order valence-corrected chi connectivity index (χ1v) is 42.9. The minimum absolute atomic E-state index is 0.00455. The van der Waals surface area contributed by atoms with Crippen LogP contribution in [-0.4, -0.2) is 19.9 Å². The smallest absolute Gasteiger partial charge is 0.227 e. The second-order valence-electron chi connectivity index (χ2n) is 34.7. The first kappa shape index (κ1) is 45.3. The van der Waals surface area contributed by atoms with Gasteiger partial charge in [-0.2, -0.15) is 0 Å². The number of fused-ring (bicyclic) bond motifs is 24. The Morgan fingerprint density at radius 1 is 0.328 bits per heavy atom. The van der Waals surface area contributed by atoms with Crippen LogP contribution in [0.5, 0.6) is 0 Å². The van der Waals surface area contributed by atoms with Crippen molar-refractivity contribution >= 4 is 88.1 Å². The van der Waals surface area contributed by atoms with Gasteiger partial charge in [0, 0.05) is 216 Å². The molecule has 134 heavy (non-hydrogen) atoms. The molecule has 0 radical (unpaired) electrons. The maximum atomic E-state index is 9.02. The average Bonchev–Trinajstić information content (AvgIpc) is 1.53. The van der Waals surface area contributed by atoms with Crippen LogP contribution in [0.3, 0.4) is 0 Å². The van der Waals surface area contributed by atoms with Crippen LogP contribution in [0.25, 0.3) is 178 Å². The summed E-state index contributed by atoms with van der Waals surface area (Å²) in [5.74, 6) is -11.7. The van der Waals surface area contributed by atoms with E-state index >= 15 is 0 Å². The second-order valence-corrected chi connectivity index (χ2v) is 34.7. The van der Waals surface area contributed by atoms with Crippen LogP contribution in [0.2, 0.25) is 0 Å². The Morgan fingerprint density at radius 2 is 0.716 bits per heavy atom. The number of aryl methyl sites for hydroxylation is 8. The van der Waals surface area contributed by atoms with Crippen LogP contribution in [0.4, 0.5) is 0 Å². The minimum atomic E-state index is -3.25. The number of nitrogens with zero attached hydrogens (tertiary/aromatic N) is 8. The van der Waals surface area contributed by atoms with Crippen LogP contribution in [0, 0.1) is 27.7 Å². The van der Waals surface area contributed by atoms with Crippen LogP contribution >= 0.6 is 0 Å². The zero-order valence-electron chi connectivity index (χ0n) is 128. The van der Waals surface area contributed by atoms with Gasteiger partial charge in [-0.05, 0) is 189 Å². The molecule has 668 valence electrons. The highest BCUT2D eigenvalue weighted by atomic mass is 16.4. The lowest BCUT2D eigenvalue weighted by Crippen LogP contribution is -2.31. The monoisotopic (exact) mass is 1820 g/mol. The molecule has 0 spiro atoms. The van der Waals surface area contributed by atoms with E-state index in [2.05, 4.69) is 9.97 Å². The Kier molecular flexibility index (Phi) is 10.8. The first-order chi connectivity index (χ1) is 86.0. The Bertz CT molecular complexity index is 10200. The fraction of sp³-hybridized carbons (Fsp3) is 0.279. The second kappa shape index (κ2) is 32.0. The molecule has 12 nitrogen and oxygen atoms in total. The number of benzene rings is 8. The van der Waals surface area contributed by atoms with E-state index in [1.165, 1.54) is 110 Å². The van der Waals surface area contributed by atoms with Crippen molar-refractivity contribution in [3.8, 4) is 89.7 Å². The number of hydrogen-bond donors (Lipinski definition) is 0. The fourth-order valence-electron chi connectivity index (χ4n) is 19.7. The van der Waals surface area contributed by atoms with E-state index in [1.54, 1.807) is 195 Å². The fourth-order valence-corrected chi connectivity index (χ4v) is 19.7. The molecule has 0 saturated heterocycles. The van der Waals surface area contributed by atoms with Gasteiger partial charge in [0.25, 0.3) is 0 Å². The third kappa shape index (κ3) is 13.4. The minimum Gasteiger partial charge on any atom is -0.455 e. The van der Waals surface area contributed by atoms with E-state index in [0.717, 1.165) is 0 Å². The molecule has 1 unspecified atom stereocenters. The summed E-state index contributed by atoms with van der Waals surface area (Å²) in [6.07, 6.45) is 3.36. The summed E-state index contributed by atoms with van der Waals surface area (Å²) >= 11 is 0. The summed E-state index contributed by atoms with van der Waals surface area (Å²) in [7, 11) is 6.72. The molecule has 8 aromatic carbocycles. The van der Waals surface area contributed by atoms with Crippen molar-refractivity contribution in [2.45, 2.75) is 195 Å². The molecule has 0 aliphatic heterocycles. The molecule has 12 heterocycles. The third-order valence-electron chi connectivity index (χ3n) is 26.7. The van der Waals surface area contributed by atoms with Gasteiger partial charge in [-0.15, -0.1) is 0 Å². The normalized spacial score (nSPS) is 22.8. The largest absolute Gasteiger partial charge is 0.455 e. The molecule has 0 bridgehead atoms. The first-order valence-electron chi connectivity index (χ1n) is 69.9. The number of aromatic nitrogens is 8. The predicted molar refractivity (Wildman–Crippen MR) is 547 cm³/mol. The molecule has 12 aromatic heterocycles. The van der Waals surface area contributed by atoms with Crippen LogP contribution in [-0.2, 0) is 49.9 Å². The molecule has 0 saturated carbocycles. The Hall–Kier alpha value is -13.8. The summed E-state index contributed by atoms with van der Waals surface area (Å²) in [5.41, 5.74) is 0.438. The molecule has 0 N–H and O–H groups in total. The molecular weight excluding hydrogens is 1640 g/mol. The van der Waals surface area contributed by atoms with Gasteiger partial charge >= 0.3 is 0 Å². The van der Waals surface area contributed by atoms with Crippen LogP contribution in [0.15, 0.2) is 261 Å². The Labute approximate surface area is 862 Å². The Morgan fingerprint density at radius 3 is 1.18 bits per heavy atom. The van der Waals surface area contributed by atoms with E-state index in [1.807, 2.05) is 12.1 Å². The van der Waals surface area contributed by atoms with Gasteiger partial charge in [-0.25, -0.2) is 33.2 Å². The number of hydrogen-bond acceptors (Lipinski definition) is 8. The van der Waals surface area contributed by atoms with Gasteiger partial charge in [0.2, 0.25) is 39.9 Å². The van der Waals surface area contributed by atoms with Crippen molar-refractivity contribution in [1.29, 1.82) is 0 Å². The summed E-state index contributed by atoms with van der Waals surface area (Å²) < 4.78 is 478. The van der Waals surface area contributed by atoms with Crippen molar-refractivity contribution < 1.29 is 110 Å².